The Balaban J connectivity index is 2.06. The molecule has 0 fully saturated rings. The van der Waals surface area contributed by atoms with Gasteiger partial charge in [0.05, 0.1) is 5.69 Å². The normalized spacial score (nSPS) is 10.6. The summed E-state index contributed by atoms with van der Waals surface area (Å²) in [6.45, 7) is 0. The van der Waals surface area contributed by atoms with Crippen LogP contribution in [0.1, 0.15) is 0 Å². The van der Waals surface area contributed by atoms with Crippen molar-refractivity contribution in [1.82, 2.24) is 9.97 Å². The van der Waals surface area contributed by atoms with Gasteiger partial charge in [0, 0.05) is 21.6 Å². The standard InChI is InChI=1S/C14H8BrFN2S/c15-10-5-2-1-4-9(10)12-8-19-14(18-12)13-11(16)6-3-7-17-13/h1-8H. The summed E-state index contributed by atoms with van der Waals surface area (Å²) < 4.78 is 14.6. The first-order valence-electron chi connectivity index (χ1n) is 5.57. The van der Waals surface area contributed by atoms with E-state index < -0.39 is 0 Å². The second kappa shape index (κ2) is 5.19. The minimum Gasteiger partial charge on any atom is -0.251 e. The SMILES string of the molecule is Fc1cccnc1-c1nc(-c2ccccc2Br)cs1. The molecule has 0 radical (unpaired) electrons. The quantitative estimate of drug-likeness (QED) is 0.674. The number of pyridine rings is 1. The van der Waals surface area contributed by atoms with E-state index in [0.717, 1.165) is 15.7 Å². The Labute approximate surface area is 122 Å². The Morgan fingerprint density at radius 3 is 2.74 bits per heavy atom. The number of thiazole rings is 1. The molecule has 0 unspecified atom stereocenters. The lowest BCUT2D eigenvalue weighted by atomic mass is 10.2. The van der Waals surface area contributed by atoms with Gasteiger partial charge in [0.15, 0.2) is 5.82 Å². The van der Waals surface area contributed by atoms with Crippen LogP contribution in [0.3, 0.4) is 0 Å². The summed E-state index contributed by atoms with van der Waals surface area (Å²) in [4.78, 5) is 8.50. The lowest BCUT2D eigenvalue weighted by Gasteiger charge is -1.99. The summed E-state index contributed by atoms with van der Waals surface area (Å²) in [5, 5.41) is 2.49. The first kappa shape index (κ1) is 12.4. The average Bonchev–Trinajstić information content (AvgIpc) is 2.89. The number of halogens is 2. The summed E-state index contributed by atoms with van der Waals surface area (Å²) in [6, 6.07) is 10.8. The lowest BCUT2D eigenvalue weighted by molar-refractivity contribution is 0.625. The second-order valence-electron chi connectivity index (χ2n) is 3.85. The Bertz CT molecular complexity index is 667. The number of nitrogens with zero attached hydrogens (tertiary/aromatic N) is 2. The molecule has 3 aromatic rings. The van der Waals surface area contributed by atoms with Gasteiger partial charge in [-0.05, 0) is 18.2 Å². The van der Waals surface area contributed by atoms with Crippen LogP contribution in [-0.4, -0.2) is 9.97 Å². The molecule has 0 saturated heterocycles. The van der Waals surface area contributed by atoms with Crippen molar-refractivity contribution >= 4 is 27.3 Å². The molecule has 0 bridgehead atoms. The molecule has 1 aromatic carbocycles. The van der Waals surface area contributed by atoms with Crippen molar-refractivity contribution in [2.45, 2.75) is 0 Å². The van der Waals surface area contributed by atoms with Crippen molar-refractivity contribution in [3.05, 3.63) is 58.3 Å². The van der Waals surface area contributed by atoms with Gasteiger partial charge in [-0.3, -0.25) is 4.98 Å². The molecular weight excluding hydrogens is 327 g/mol. The minimum atomic E-state index is -0.351. The van der Waals surface area contributed by atoms with E-state index in [2.05, 4.69) is 25.9 Å². The number of rotatable bonds is 2. The van der Waals surface area contributed by atoms with Gasteiger partial charge in [0.25, 0.3) is 0 Å². The molecule has 0 N–H and O–H groups in total. The zero-order valence-electron chi connectivity index (χ0n) is 9.68. The van der Waals surface area contributed by atoms with Crippen LogP contribution in [0, 0.1) is 5.82 Å². The van der Waals surface area contributed by atoms with E-state index >= 15 is 0 Å². The number of benzene rings is 1. The van der Waals surface area contributed by atoms with Crippen molar-refractivity contribution in [2.24, 2.45) is 0 Å². The van der Waals surface area contributed by atoms with Crippen molar-refractivity contribution < 1.29 is 4.39 Å². The summed E-state index contributed by atoms with van der Waals surface area (Å²) >= 11 is 4.87. The van der Waals surface area contributed by atoms with Gasteiger partial charge in [-0.15, -0.1) is 11.3 Å². The Kier molecular flexibility index (Phi) is 3.40. The first-order valence-corrected chi connectivity index (χ1v) is 7.24. The molecule has 5 heteroatoms. The zero-order valence-corrected chi connectivity index (χ0v) is 12.1. The molecule has 0 aliphatic rings. The van der Waals surface area contributed by atoms with E-state index in [0.29, 0.717) is 10.7 Å². The summed E-state index contributed by atoms with van der Waals surface area (Å²) in [7, 11) is 0. The van der Waals surface area contributed by atoms with Crippen molar-refractivity contribution in [2.75, 3.05) is 0 Å². The van der Waals surface area contributed by atoms with Crippen LogP contribution in [0.5, 0.6) is 0 Å². The third-order valence-corrected chi connectivity index (χ3v) is 4.16. The number of hydrogen-bond donors (Lipinski definition) is 0. The van der Waals surface area contributed by atoms with Gasteiger partial charge in [-0.2, -0.15) is 0 Å². The summed E-state index contributed by atoms with van der Waals surface area (Å²) in [6.07, 6.45) is 1.57. The average molecular weight is 335 g/mol. The van der Waals surface area contributed by atoms with E-state index in [4.69, 9.17) is 0 Å². The maximum atomic E-state index is 13.7. The fourth-order valence-corrected chi connectivity index (χ4v) is 3.02. The maximum absolute atomic E-state index is 13.7. The molecule has 2 nitrogen and oxygen atoms in total. The smallest absolute Gasteiger partial charge is 0.151 e. The van der Waals surface area contributed by atoms with Crippen molar-refractivity contribution in [3.63, 3.8) is 0 Å². The zero-order chi connectivity index (χ0) is 13.2. The van der Waals surface area contributed by atoms with Gasteiger partial charge in [-0.25, -0.2) is 9.37 Å². The summed E-state index contributed by atoms with van der Waals surface area (Å²) in [5.74, 6) is -0.351. The fourth-order valence-electron chi connectivity index (χ4n) is 1.72. The van der Waals surface area contributed by atoms with E-state index in [1.165, 1.54) is 17.4 Å². The first-order chi connectivity index (χ1) is 9.25. The molecular formula is C14H8BrFN2S. The molecule has 94 valence electrons. The van der Waals surface area contributed by atoms with Crippen LogP contribution in [0.25, 0.3) is 22.0 Å². The molecule has 3 rings (SSSR count). The number of hydrogen-bond acceptors (Lipinski definition) is 3. The maximum Gasteiger partial charge on any atom is 0.151 e. The largest absolute Gasteiger partial charge is 0.251 e. The third-order valence-electron chi connectivity index (χ3n) is 2.62. The van der Waals surface area contributed by atoms with E-state index in [9.17, 15) is 4.39 Å². The van der Waals surface area contributed by atoms with Crippen LogP contribution < -0.4 is 0 Å². The van der Waals surface area contributed by atoms with Gasteiger partial charge in [0.2, 0.25) is 0 Å². The van der Waals surface area contributed by atoms with Gasteiger partial charge in [0.1, 0.15) is 10.7 Å². The summed E-state index contributed by atoms with van der Waals surface area (Å²) in [5.41, 5.74) is 2.10. The van der Waals surface area contributed by atoms with E-state index in [1.807, 2.05) is 29.6 Å². The van der Waals surface area contributed by atoms with Crippen LogP contribution >= 0.6 is 27.3 Å². The Hall–Kier alpha value is -1.59. The highest BCUT2D eigenvalue weighted by atomic mass is 79.9. The molecule has 19 heavy (non-hydrogen) atoms. The lowest BCUT2D eigenvalue weighted by Crippen LogP contribution is -1.87. The van der Waals surface area contributed by atoms with Gasteiger partial charge in [-0.1, -0.05) is 34.1 Å². The Morgan fingerprint density at radius 1 is 1.11 bits per heavy atom. The monoisotopic (exact) mass is 334 g/mol. The molecule has 0 aliphatic carbocycles. The van der Waals surface area contributed by atoms with Crippen LogP contribution in [0.4, 0.5) is 4.39 Å². The minimum absolute atomic E-state index is 0.297. The van der Waals surface area contributed by atoms with Gasteiger partial charge < -0.3 is 0 Å². The molecule has 0 saturated carbocycles. The Morgan fingerprint density at radius 2 is 1.95 bits per heavy atom. The molecule has 0 aliphatic heterocycles. The van der Waals surface area contributed by atoms with Crippen molar-refractivity contribution in [3.8, 4) is 22.0 Å². The highest BCUT2D eigenvalue weighted by molar-refractivity contribution is 9.10. The molecule has 2 aromatic heterocycles. The van der Waals surface area contributed by atoms with Crippen LogP contribution in [-0.2, 0) is 0 Å². The van der Waals surface area contributed by atoms with Gasteiger partial charge >= 0.3 is 0 Å². The molecule has 0 spiro atoms. The molecule has 2 heterocycles. The molecule has 0 amide bonds. The predicted octanol–water partition coefficient (Wildman–Crippen LogP) is 4.77. The molecule has 0 atom stereocenters. The fraction of sp³-hybridized carbons (Fsp3) is 0. The van der Waals surface area contributed by atoms with Crippen LogP contribution in [0.15, 0.2) is 52.4 Å². The van der Waals surface area contributed by atoms with Crippen LogP contribution in [0.2, 0.25) is 0 Å². The highest BCUT2D eigenvalue weighted by Crippen LogP contribution is 2.32. The van der Waals surface area contributed by atoms with E-state index in [1.54, 1.807) is 12.3 Å². The second-order valence-corrected chi connectivity index (χ2v) is 5.56. The van der Waals surface area contributed by atoms with Crippen molar-refractivity contribution in [1.29, 1.82) is 0 Å². The topological polar surface area (TPSA) is 25.8 Å². The predicted molar refractivity (Wildman–Crippen MR) is 78.4 cm³/mol. The van der Waals surface area contributed by atoms with E-state index in [-0.39, 0.29) is 5.82 Å². The highest BCUT2D eigenvalue weighted by Gasteiger charge is 2.12. The number of aromatic nitrogens is 2. The third kappa shape index (κ3) is 2.43.